The Labute approximate surface area is 174 Å². The molecule has 1 fully saturated rings. The molecule has 2 N–H and O–H groups in total. The van der Waals surface area contributed by atoms with Crippen LogP contribution in [0.1, 0.15) is 0 Å². The van der Waals surface area contributed by atoms with Crippen LogP contribution in [0.15, 0.2) is 34.1 Å². The van der Waals surface area contributed by atoms with Crippen LogP contribution < -0.4 is 5.32 Å². The highest BCUT2D eigenvalue weighted by molar-refractivity contribution is 8.25. The Kier molecular flexibility index (Phi) is 4.95. The van der Waals surface area contributed by atoms with Crippen molar-refractivity contribution in [2.45, 2.75) is 9.79 Å². The predicted octanol–water partition coefficient (Wildman–Crippen LogP) is 3.20. The van der Waals surface area contributed by atoms with Gasteiger partial charge in [-0.15, -0.1) is 10.6 Å². The Hall–Kier alpha value is -1.97. The van der Waals surface area contributed by atoms with Gasteiger partial charge in [0.25, 0.3) is 0 Å². The molecule has 0 saturated carbocycles. The molecule has 0 unspecified atom stereocenters. The molecule has 1 aliphatic heterocycles. The smallest absolute Gasteiger partial charge is 0.232 e. The zero-order valence-corrected chi connectivity index (χ0v) is 17.3. The number of anilines is 2. The van der Waals surface area contributed by atoms with E-state index >= 15 is 0 Å². The second kappa shape index (κ2) is 7.07. The number of fused-ring (bicyclic) bond motifs is 1. The van der Waals surface area contributed by atoms with Crippen LogP contribution in [0.2, 0.25) is 10.6 Å². The Balaban J connectivity index is 1.94. The minimum absolute atomic E-state index is 0.0196. The molecule has 0 radical (unpaired) electrons. The molecule has 0 amide bonds. The summed E-state index contributed by atoms with van der Waals surface area (Å²) in [6, 6.07) is 5.01. The van der Waals surface area contributed by atoms with E-state index in [4.69, 9.17) is 31.9 Å². The number of hydrogen-bond acceptors (Lipinski definition) is 11. The number of hydrogen-bond donors (Lipinski definition) is 2. The van der Waals surface area contributed by atoms with Crippen molar-refractivity contribution in [1.29, 1.82) is 0 Å². The first-order valence-corrected chi connectivity index (χ1v) is 11.5. The molecule has 1 aromatic heterocycles. The number of benzene rings is 2. The van der Waals surface area contributed by atoms with E-state index in [1.165, 1.54) is 12.1 Å². The van der Waals surface area contributed by atoms with Gasteiger partial charge in [-0.3, -0.25) is 0 Å². The third-order valence-corrected chi connectivity index (χ3v) is 6.71. The lowest BCUT2D eigenvalue weighted by atomic mass is 10.1. The first-order valence-electron chi connectivity index (χ1n) is 7.49. The number of aromatic hydroxyl groups is 1. The van der Waals surface area contributed by atoms with Gasteiger partial charge in [-0.2, -0.15) is 15.0 Å². The SMILES string of the molecule is CS1(c2cc(O)c3c(Nc4nc(Cl)nc(Cl)n4)cc(S(=O)(=O)[O-])cc3c2)OOO1. The maximum atomic E-state index is 11.6. The molecule has 1 saturated heterocycles. The van der Waals surface area contributed by atoms with Gasteiger partial charge in [0.05, 0.1) is 15.5 Å². The van der Waals surface area contributed by atoms with E-state index in [1.807, 2.05) is 0 Å². The summed E-state index contributed by atoms with van der Waals surface area (Å²) in [5.41, 5.74) is 0.0196. The van der Waals surface area contributed by atoms with E-state index < -0.39 is 25.6 Å². The maximum Gasteiger partial charge on any atom is 0.232 e. The van der Waals surface area contributed by atoms with Crippen LogP contribution in [0.25, 0.3) is 10.8 Å². The zero-order chi connectivity index (χ0) is 21.0. The van der Waals surface area contributed by atoms with Gasteiger partial charge in [-0.1, -0.05) is 8.67 Å². The molecule has 11 nitrogen and oxygen atoms in total. The molecule has 0 bridgehead atoms. The summed E-state index contributed by atoms with van der Waals surface area (Å²) in [6.45, 7) is 0. The second-order valence-electron chi connectivity index (χ2n) is 5.76. The van der Waals surface area contributed by atoms with E-state index in [0.717, 1.165) is 12.1 Å². The van der Waals surface area contributed by atoms with Crippen molar-refractivity contribution in [3.63, 3.8) is 0 Å². The molecular formula is C14H9Cl2N4O7S2-. The number of nitrogens with one attached hydrogen (secondary N) is 1. The lowest BCUT2D eigenvalue weighted by Crippen LogP contribution is -2.18. The standard InChI is InChI=1S/C14H10Cl2N4O7S2/c1-28(26-25-27-28)7-2-6-3-8(29(22,23)24)4-9(11(6)10(21)5-7)17-14-19-12(15)18-13(16)20-14/h2-5,21H,1H3,(H,22,23,24)(H,17,18,19,20)/p-1. The molecule has 15 heteroatoms. The molecule has 0 aliphatic carbocycles. The van der Waals surface area contributed by atoms with Crippen LogP contribution in [0.3, 0.4) is 0 Å². The molecule has 4 rings (SSSR count). The van der Waals surface area contributed by atoms with E-state index in [0.29, 0.717) is 4.90 Å². The van der Waals surface area contributed by atoms with Gasteiger partial charge in [0.2, 0.25) is 16.5 Å². The topological polar surface area (TPSA) is 156 Å². The Morgan fingerprint density at radius 3 is 2.31 bits per heavy atom. The van der Waals surface area contributed by atoms with Crippen molar-refractivity contribution < 1.29 is 31.8 Å². The summed E-state index contributed by atoms with van der Waals surface area (Å²) in [7, 11) is -7.10. The van der Waals surface area contributed by atoms with Crippen LogP contribution >= 0.6 is 33.8 Å². The fourth-order valence-corrected chi connectivity index (χ4v) is 4.53. The van der Waals surface area contributed by atoms with Crippen molar-refractivity contribution in [3.8, 4) is 5.75 Å². The van der Waals surface area contributed by atoms with Crippen molar-refractivity contribution in [3.05, 3.63) is 34.8 Å². The zero-order valence-electron chi connectivity index (χ0n) is 14.1. The number of phenolic OH excluding ortho intramolecular Hbond substituents is 1. The monoisotopic (exact) mass is 479 g/mol. The predicted molar refractivity (Wildman–Crippen MR) is 102 cm³/mol. The fourth-order valence-electron chi connectivity index (χ4n) is 2.59. The molecule has 154 valence electrons. The average molecular weight is 480 g/mol. The summed E-state index contributed by atoms with van der Waals surface area (Å²) in [5, 5.41) is 17.5. The molecule has 2 aromatic carbocycles. The van der Waals surface area contributed by atoms with Crippen molar-refractivity contribution in [2.75, 3.05) is 11.6 Å². The summed E-state index contributed by atoms with van der Waals surface area (Å²) < 4.78 is 44.8. The van der Waals surface area contributed by atoms with Gasteiger partial charge in [-0.05, 0) is 51.8 Å². The van der Waals surface area contributed by atoms with Gasteiger partial charge < -0.3 is 15.0 Å². The van der Waals surface area contributed by atoms with E-state index in [-0.39, 0.29) is 38.7 Å². The van der Waals surface area contributed by atoms with E-state index in [9.17, 15) is 18.1 Å². The lowest BCUT2D eigenvalue weighted by Gasteiger charge is -2.41. The van der Waals surface area contributed by atoms with Gasteiger partial charge in [0.1, 0.15) is 15.9 Å². The van der Waals surface area contributed by atoms with Gasteiger partial charge in [-0.25, -0.2) is 8.42 Å². The fraction of sp³-hybridized carbons (Fsp3) is 0.0714. The van der Waals surface area contributed by atoms with Gasteiger partial charge in [0, 0.05) is 17.7 Å². The normalized spacial score (nSPS) is 17.0. The number of rotatable bonds is 4. The number of phenols is 1. The molecule has 1 aliphatic rings. The Morgan fingerprint density at radius 2 is 1.76 bits per heavy atom. The van der Waals surface area contributed by atoms with E-state index in [1.54, 1.807) is 6.26 Å². The minimum Gasteiger partial charge on any atom is -0.744 e. The number of nitrogens with zero attached hydrogens (tertiary/aromatic N) is 3. The molecule has 3 aromatic rings. The summed E-state index contributed by atoms with van der Waals surface area (Å²) in [5.74, 6) is -0.384. The molecule has 0 atom stereocenters. The minimum atomic E-state index is -4.84. The van der Waals surface area contributed by atoms with Crippen LogP contribution in [0, 0.1) is 0 Å². The molecule has 2 heterocycles. The van der Waals surface area contributed by atoms with Crippen molar-refractivity contribution in [1.82, 2.24) is 15.0 Å². The molecular weight excluding hydrogens is 471 g/mol. The van der Waals surface area contributed by atoms with Crippen LogP contribution in [-0.2, 0) is 23.8 Å². The number of halogens is 2. The van der Waals surface area contributed by atoms with Crippen LogP contribution in [-0.4, -0.2) is 39.3 Å². The largest absolute Gasteiger partial charge is 0.744 e. The average Bonchev–Trinajstić information content (AvgIpc) is 2.57. The first-order chi connectivity index (χ1) is 13.5. The van der Waals surface area contributed by atoms with Crippen LogP contribution in [0.5, 0.6) is 5.75 Å². The lowest BCUT2D eigenvalue weighted by molar-refractivity contribution is -0.470. The summed E-state index contributed by atoms with van der Waals surface area (Å²) >= 11 is 11.5. The summed E-state index contributed by atoms with van der Waals surface area (Å²) in [4.78, 5) is 11.1. The van der Waals surface area contributed by atoms with Crippen molar-refractivity contribution >= 4 is 66.3 Å². The summed E-state index contributed by atoms with van der Waals surface area (Å²) in [6.07, 6.45) is 1.60. The highest BCUT2D eigenvalue weighted by Gasteiger charge is 2.32. The first kappa shape index (κ1) is 20.3. The highest BCUT2D eigenvalue weighted by Crippen LogP contribution is 2.62. The quantitative estimate of drug-likeness (QED) is 0.418. The van der Waals surface area contributed by atoms with Crippen LogP contribution in [0.4, 0.5) is 11.6 Å². The maximum absolute atomic E-state index is 11.6. The molecule has 29 heavy (non-hydrogen) atoms. The van der Waals surface area contributed by atoms with Crippen molar-refractivity contribution in [2.24, 2.45) is 0 Å². The van der Waals surface area contributed by atoms with Gasteiger partial charge >= 0.3 is 0 Å². The second-order valence-corrected chi connectivity index (χ2v) is 10.1. The third-order valence-electron chi connectivity index (χ3n) is 3.83. The Morgan fingerprint density at radius 1 is 1.10 bits per heavy atom. The highest BCUT2D eigenvalue weighted by atomic mass is 35.5. The number of aromatic nitrogens is 3. The molecule has 0 spiro atoms. The third kappa shape index (κ3) is 3.91. The Bertz CT molecular complexity index is 1230. The van der Waals surface area contributed by atoms with Gasteiger partial charge in [0.15, 0.2) is 0 Å². The van der Waals surface area contributed by atoms with E-state index in [2.05, 4.69) is 25.3 Å².